The third-order valence-electron chi connectivity index (χ3n) is 4.02. The van der Waals surface area contributed by atoms with Gasteiger partial charge in [0.25, 0.3) is 0 Å². The molecule has 1 aliphatic heterocycles. The van der Waals surface area contributed by atoms with Crippen molar-refractivity contribution in [2.45, 2.75) is 26.2 Å². The van der Waals surface area contributed by atoms with Crippen LogP contribution in [-0.4, -0.2) is 23.1 Å². The summed E-state index contributed by atoms with van der Waals surface area (Å²) in [6.07, 6.45) is 5.37. The summed E-state index contributed by atoms with van der Waals surface area (Å²) in [5.41, 5.74) is 2.29. The van der Waals surface area contributed by atoms with Crippen LogP contribution in [-0.2, 0) is 6.42 Å². The van der Waals surface area contributed by atoms with Crippen molar-refractivity contribution in [3.05, 3.63) is 47.8 Å². The van der Waals surface area contributed by atoms with Crippen molar-refractivity contribution in [1.29, 1.82) is 0 Å². The lowest BCUT2D eigenvalue weighted by molar-refractivity contribution is 0.370. The minimum atomic E-state index is 0.755. The smallest absolute Gasteiger partial charge is 0.134 e. The van der Waals surface area contributed by atoms with Gasteiger partial charge in [-0.1, -0.05) is 12.1 Å². The Morgan fingerprint density at radius 1 is 1.19 bits per heavy atom. The SMILES string of the molecule is Cc1cccnc1Nc1cccc(CC2CCNCC2)n1. The molecular formula is C17H22N4. The summed E-state index contributed by atoms with van der Waals surface area (Å²) in [7, 11) is 0. The highest BCUT2D eigenvalue weighted by molar-refractivity contribution is 5.55. The predicted molar refractivity (Wildman–Crippen MR) is 85.8 cm³/mol. The Balaban J connectivity index is 1.69. The third kappa shape index (κ3) is 3.79. The molecule has 0 unspecified atom stereocenters. The van der Waals surface area contributed by atoms with E-state index in [4.69, 9.17) is 4.98 Å². The molecule has 4 nitrogen and oxygen atoms in total. The Bertz CT molecular complexity index is 591. The number of pyridine rings is 2. The monoisotopic (exact) mass is 282 g/mol. The average Bonchev–Trinajstić information content (AvgIpc) is 2.51. The molecule has 0 bridgehead atoms. The molecule has 4 heteroatoms. The topological polar surface area (TPSA) is 49.8 Å². The minimum absolute atomic E-state index is 0.755. The zero-order valence-corrected chi connectivity index (χ0v) is 12.5. The van der Waals surface area contributed by atoms with Gasteiger partial charge >= 0.3 is 0 Å². The number of hydrogen-bond donors (Lipinski definition) is 2. The molecule has 0 amide bonds. The van der Waals surface area contributed by atoms with Crippen LogP contribution in [0.1, 0.15) is 24.1 Å². The standard InChI is InChI=1S/C17H22N4/c1-13-4-3-9-19-17(13)21-16-6-2-5-15(20-16)12-14-7-10-18-11-8-14/h2-6,9,14,18H,7-8,10-12H2,1H3,(H,19,20,21). The lowest BCUT2D eigenvalue weighted by Gasteiger charge is -2.22. The first-order valence-electron chi connectivity index (χ1n) is 7.66. The van der Waals surface area contributed by atoms with E-state index < -0.39 is 0 Å². The van der Waals surface area contributed by atoms with Crippen LogP contribution in [0, 0.1) is 12.8 Å². The highest BCUT2D eigenvalue weighted by Gasteiger charge is 2.14. The molecule has 2 aromatic rings. The van der Waals surface area contributed by atoms with Crippen LogP contribution in [0.3, 0.4) is 0 Å². The fraction of sp³-hybridized carbons (Fsp3) is 0.412. The van der Waals surface area contributed by atoms with Crippen molar-refractivity contribution < 1.29 is 0 Å². The lowest BCUT2D eigenvalue weighted by atomic mass is 9.93. The highest BCUT2D eigenvalue weighted by Crippen LogP contribution is 2.20. The Kier molecular flexibility index (Phi) is 4.46. The van der Waals surface area contributed by atoms with Crippen LogP contribution < -0.4 is 10.6 Å². The number of rotatable bonds is 4. The van der Waals surface area contributed by atoms with Crippen molar-refractivity contribution in [3.63, 3.8) is 0 Å². The van der Waals surface area contributed by atoms with Crippen LogP contribution >= 0.6 is 0 Å². The van der Waals surface area contributed by atoms with E-state index in [1.807, 2.05) is 25.1 Å². The van der Waals surface area contributed by atoms with Crippen LogP contribution in [0.2, 0.25) is 0 Å². The molecule has 0 atom stereocenters. The minimum Gasteiger partial charge on any atom is -0.325 e. The van der Waals surface area contributed by atoms with Gasteiger partial charge in [-0.2, -0.15) is 0 Å². The van der Waals surface area contributed by atoms with Crippen LogP contribution in [0.25, 0.3) is 0 Å². The van der Waals surface area contributed by atoms with E-state index in [0.29, 0.717) is 0 Å². The summed E-state index contributed by atoms with van der Waals surface area (Å²) in [6.45, 7) is 4.32. The maximum absolute atomic E-state index is 4.73. The Morgan fingerprint density at radius 3 is 2.86 bits per heavy atom. The summed E-state index contributed by atoms with van der Waals surface area (Å²) in [4.78, 5) is 9.09. The highest BCUT2D eigenvalue weighted by atomic mass is 15.1. The van der Waals surface area contributed by atoms with Gasteiger partial charge in [0.2, 0.25) is 0 Å². The second-order valence-electron chi connectivity index (χ2n) is 5.71. The van der Waals surface area contributed by atoms with E-state index in [1.165, 1.54) is 18.5 Å². The number of hydrogen-bond acceptors (Lipinski definition) is 4. The van der Waals surface area contributed by atoms with Gasteiger partial charge in [-0.05, 0) is 69.0 Å². The maximum atomic E-state index is 4.73. The van der Waals surface area contributed by atoms with Crippen molar-refractivity contribution in [3.8, 4) is 0 Å². The summed E-state index contributed by atoms with van der Waals surface area (Å²) in [5, 5.41) is 6.73. The second-order valence-corrected chi connectivity index (χ2v) is 5.71. The first kappa shape index (κ1) is 14.0. The van der Waals surface area contributed by atoms with Crippen LogP contribution in [0.5, 0.6) is 0 Å². The summed E-state index contributed by atoms with van der Waals surface area (Å²) in [6, 6.07) is 10.2. The summed E-state index contributed by atoms with van der Waals surface area (Å²) < 4.78 is 0. The van der Waals surface area contributed by atoms with Crippen molar-refractivity contribution in [2.75, 3.05) is 18.4 Å². The predicted octanol–water partition coefficient (Wildman–Crippen LogP) is 3.07. The van der Waals surface area contributed by atoms with Crippen LogP contribution in [0.15, 0.2) is 36.5 Å². The van der Waals surface area contributed by atoms with Gasteiger partial charge in [-0.3, -0.25) is 0 Å². The van der Waals surface area contributed by atoms with Gasteiger partial charge in [0.05, 0.1) is 0 Å². The number of nitrogens with one attached hydrogen (secondary N) is 2. The molecule has 1 saturated heterocycles. The molecule has 1 fully saturated rings. The van der Waals surface area contributed by atoms with E-state index in [0.717, 1.165) is 42.6 Å². The van der Waals surface area contributed by atoms with Crippen molar-refractivity contribution in [1.82, 2.24) is 15.3 Å². The quantitative estimate of drug-likeness (QED) is 0.905. The van der Waals surface area contributed by atoms with E-state index in [-0.39, 0.29) is 0 Å². The molecule has 0 saturated carbocycles. The summed E-state index contributed by atoms with van der Waals surface area (Å²) >= 11 is 0. The second kappa shape index (κ2) is 6.68. The first-order valence-corrected chi connectivity index (χ1v) is 7.66. The van der Waals surface area contributed by atoms with Crippen molar-refractivity contribution >= 4 is 11.6 Å². The van der Waals surface area contributed by atoms with Crippen molar-refractivity contribution in [2.24, 2.45) is 5.92 Å². The number of anilines is 2. The molecule has 2 N–H and O–H groups in total. The fourth-order valence-corrected chi connectivity index (χ4v) is 2.78. The molecule has 0 aliphatic carbocycles. The van der Waals surface area contributed by atoms with Gasteiger partial charge < -0.3 is 10.6 Å². The molecule has 0 spiro atoms. The molecule has 110 valence electrons. The molecule has 3 rings (SSSR count). The number of piperidine rings is 1. The molecule has 0 radical (unpaired) electrons. The normalized spacial score (nSPS) is 15.9. The molecule has 0 aromatic carbocycles. The third-order valence-corrected chi connectivity index (χ3v) is 4.02. The fourth-order valence-electron chi connectivity index (χ4n) is 2.78. The number of nitrogens with zero attached hydrogens (tertiary/aromatic N) is 2. The Hall–Kier alpha value is -1.94. The molecule has 3 heterocycles. The lowest BCUT2D eigenvalue weighted by Crippen LogP contribution is -2.28. The number of aryl methyl sites for hydroxylation is 1. The van der Waals surface area contributed by atoms with E-state index in [2.05, 4.69) is 27.8 Å². The average molecular weight is 282 g/mol. The zero-order chi connectivity index (χ0) is 14.5. The Labute approximate surface area is 126 Å². The van der Waals surface area contributed by atoms with Gasteiger partial charge in [-0.15, -0.1) is 0 Å². The number of aromatic nitrogens is 2. The molecule has 1 aliphatic rings. The Morgan fingerprint density at radius 2 is 2.05 bits per heavy atom. The molecule has 2 aromatic heterocycles. The molecular weight excluding hydrogens is 260 g/mol. The van der Waals surface area contributed by atoms with Gasteiger partial charge in [-0.25, -0.2) is 9.97 Å². The van der Waals surface area contributed by atoms with Crippen LogP contribution in [0.4, 0.5) is 11.6 Å². The maximum Gasteiger partial charge on any atom is 0.134 e. The molecule has 21 heavy (non-hydrogen) atoms. The largest absolute Gasteiger partial charge is 0.325 e. The zero-order valence-electron chi connectivity index (χ0n) is 12.5. The van der Waals surface area contributed by atoms with Gasteiger partial charge in [0.1, 0.15) is 11.6 Å². The van der Waals surface area contributed by atoms with E-state index in [9.17, 15) is 0 Å². The summed E-state index contributed by atoms with van der Waals surface area (Å²) in [5.74, 6) is 2.51. The van der Waals surface area contributed by atoms with Gasteiger partial charge in [0.15, 0.2) is 0 Å². The van der Waals surface area contributed by atoms with E-state index >= 15 is 0 Å². The first-order chi connectivity index (χ1) is 10.3. The van der Waals surface area contributed by atoms with Gasteiger partial charge in [0, 0.05) is 11.9 Å². The van der Waals surface area contributed by atoms with E-state index in [1.54, 1.807) is 6.20 Å².